The van der Waals surface area contributed by atoms with Crippen LogP contribution in [0.15, 0.2) is 66.3 Å². The average molecular weight is 399 g/mol. The molecule has 0 unspecified atom stereocenters. The van der Waals surface area contributed by atoms with Crippen molar-refractivity contribution in [1.29, 1.82) is 0 Å². The second kappa shape index (κ2) is 8.88. The summed E-state index contributed by atoms with van der Waals surface area (Å²) in [6.07, 6.45) is 1.79. The van der Waals surface area contributed by atoms with E-state index in [-0.39, 0.29) is 11.7 Å². The quantitative estimate of drug-likeness (QED) is 0.457. The van der Waals surface area contributed by atoms with Crippen molar-refractivity contribution in [3.05, 3.63) is 71.8 Å². The molecule has 1 heterocycles. The van der Waals surface area contributed by atoms with Crippen molar-refractivity contribution in [2.24, 2.45) is 0 Å². The molecule has 1 amide bonds. The summed E-state index contributed by atoms with van der Waals surface area (Å²) in [6, 6.07) is 15.2. The molecular weight excluding hydrogens is 380 g/mol. The van der Waals surface area contributed by atoms with E-state index < -0.39 is 0 Å². The number of hydrogen-bond donors (Lipinski definition) is 1. The van der Waals surface area contributed by atoms with Crippen molar-refractivity contribution in [2.75, 3.05) is 11.1 Å². The lowest BCUT2D eigenvalue weighted by Gasteiger charge is -2.10. The molecule has 0 aliphatic heterocycles. The van der Waals surface area contributed by atoms with Crippen molar-refractivity contribution < 1.29 is 4.79 Å². The lowest BCUT2D eigenvalue weighted by molar-refractivity contribution is -0.113. The number of halogens is 1. The Labute approximate surface area is 167 Å². The first-order chi connectivity index (χ1) is 13.1. The Bertz CT molecular complexity index is 956. The number of aromatic nitrogens is 3. The number of allylic oxidation sites excluding steroid dienone is 1. The van der Waals surface area contributed by atoms with Gasteiger partial charge in [-0.1, -0.05) is 65.8 Å². The molecule has 0 bridgehead atoms. The molecule has 0 spiro atoms. The van der Waals surface area contributed by atoms with Gasteiger partial charge in [-0.2, -0.15) is 0 Å². The fourth-order valence-corrected chi connectivity index (χ4v) is 3.46. The highest BCUT2D eigenvalue weighted by Gasteiger charge is 2.15. The van der Waals surface area contributed by atoms with Gasteiger partial charge in [0.2, 0.25) is 5.91 Å². The van der Waals surface area contributed by atoms with E-state index in [2.05, 4.69) is 22.1 Å². The third-order valence-electron chi connectivity index (χ3n) is 3.87. The summed E-state index contributed by atoms with van der Waals surface area (Å²) in [5.74, 6) is 0.847. The highest BCUT2D eigenvalue weighted by Crippen LogP contribution is 2.25. The number of amides is 1. The van der Waals surface area contributed by atoms with Gasteiger partial charge in [-0.3, -0.25) is 9.36 Å². The van der Waals surface area contributed by atoms with Crippen molar-refractivity contribution in [1.82, 2.24) is 14.8 Å². The van der Waals surface area contributed by atoms with Gasteiger partial charge in [0.05, 0.1) is 5.75 Å². The van der Waals surface area contributed by atoms with Crippen LogP contribution in [0.2, 0.25) is 5.02 Å². The van der Waals surface area contributed by atoms with Gasteiger partial charge in [-0.05, 0) is 24.6 Å². The van der Waals surface area contributed by atoms with Gasteiger partial charge in [-0.25, -0.2) is 0 Å². The number of carbonyl (C=O) groups excluding carboxylic acids is 1. The molecule has 0 saturated carbocycles. The van der Waals surface area contributed by atoms with E-state index in [1.807, 2.05) is 47.9 Å². The van der Waals surface area contributed by atoms with Crippen LogP contribution in [0.3, 0.4) is 0 Å². The molecule has 0 aliphatic carbocycles. The van der Waals surface area contributed by atoms with Crippen LogP contribution < -0.4 is 5.32 Å². The van der Waals surface area contributed by atoms with Crippen LogP contribution in [0.5, 0.6) is 0 Å². The number of anilines is 1. The zero-order valence-corrected chi connectivity index (χ0v) is 16.4. The molecule has 5 nitrogen and oxygen atoms in total. The molecule has 0 atom stereocenters. The van der Waals surface area contributed by atoms with Crippen molar-refractivity contribution in [2.45, 2.75) is 18.6 Å². The number of hydrogen-bond acceptors (Lipinski definition) is 4. The van der Waals surface area contributed by atoms with Crippen LogP contribution in [0, 0.1) is 6.92 Å². The third-order valence-corrected chi connectivity index (χ3v) is 5.07. The first-order valence-electron chi connectivity index (χ1n) is 8.37. The monoisotopic (exact) mass is 398 g/mol. The Morgan fingerprint density at radius 2 is 2.04 bits per heavy atom. The summed E-state index contributed by atoms with van der Waals surface area (Å²) >= 11 is 7.34. The number of carbonyl (C=O) groups is 1. The van der Waals surface area contributed by atoms with Crippen molar-refractivity contribution in [3.8, 4) is 11.4 Å². The van der Waals surface area contributed by atoms with E-state index in [1.54, 1.807) is 18.2 Å². The van der Waals surface area contributed by atoms with Crippen LogP contribution in [-0.4, -0.2) is 26.4 Å². The Morgan fingerprint density at radius 3 is 2.78 bits per heavy atom. The lowest BCUT2D eigenvalue weighted by Crippen LogP contribution is -2.15. The number of benzene rings is 2. The maximum absolute atomic E-state index is 12.3. The van der Waals surface area contributed by atoms with E-state index in [4.69, 9.17) is 11.6 Å². The second-order valence-corrected chi connectivity index (χ2v) is 7.25. The summed E-state index contributed by atoms with van der Waals surface area (Å²) in [5.41, 5.74) is 2.64. The summed E-state index contributed by atoms with van der Waals surface area (Å²) in [6.45, 7) is 6.29. The normalized spacial score (nSPS) is 10.6. The highest BCUT2D eigenvalue weighted by atomic mass is 35.5. The molecule has 3 rings (SSSR count). The Morgan fingerprint density at radius 1 is 1.26 bits per heavy atom. The Kier molecular flexibility index (Phi) is 6.32. The predicted molar refractivity (Wildman–Crippen MR) is 111 cm³/mol. The number of thioether (sulfide) groups is 1. The molecule has 1 aromatic heterocycles. The SMILES string of the molecule is C=CCn1c(SCC(=O)Nc2cc(Cl)ccc2C)nnc1-c1ccccc1. The molecule has 0 aliphatic rings. The average Bonchev–Trinajstić information content (AvgIpc) is 3.07. The predicted octanol–water partition coefficient (Wildman–Crippen LogP) is 4.82. The molecule has 0 saturated heterocycles. The number of rotatable bonds is 7. The Hall–Kier alpha value is -2.57. The molecule has 0 radical (unpaired) electrons. The molecule has 0 fully saturated rings. The largest absolute Gasteiger partial charge is 0.325 e. The van der Waals surface area contributed by atoms with E-state index in [0.29, 0.717) is 22.4 Å². The smallest absolute Gasteiger partial charge is 0.234 e. The van der Waals surface area contributed by atoms with Crippen LogP contribution >= 0.6 is 23.4 Å². The molecule has 1 N–H and O–H groups in total. The van der Waals surface area contributed by atoms with Crippen LogP contribution in [0.4, 0.5) is 5.69 Å². The van der Waals surface area contributed by atoms with Crippen molar-refractivity contribution >= 4 is 35.0 Å². The Balaban J connectivity index is 1.72. The van der Waals surface area contributed by atoms with Gasteiger partial charge in [-0.15, -0.1) is 16.8 Å². The van der Waals surface area contributed by atoms with Gasteiger partial charge in [0.25, 0.3) is 0 Å². The molecule has 138 valence electrons. The van der Waals surface area contributed by atoms with Gasteiger partial charge in [0.1, 0.15) is 0 Å². The lowest BCUT2D eigenvalue weighted by atomic mass is 10.2. The van der Waals surface area contributed by atoms with Crippen molar-refractivity contribution in [3.63, 3.8) is 0 Å². The van der Waals surface area contributed by atoms with E-state index >= 15 is 0 Å². The van der Waals surface area contributed by atoms with E-state index in [9.17, 15) is 4.79 Å². The molecular formula is C20H19ClN4OS. The minimum absolute atomic E-state index is 0.125. The fourth-order valence-electron chi connectivity index (χ4n) is 2.54. The molecule has 2 aromatic carbocycles. The summed E-state index contributed by atoms with van der Waals surface area (Å²) in [5, 5.41) is 12.7. The molecule has 27 heavy (non-hydrogen) atoms. The topological polar surface area (TPSA) is 59.8 Å². The van der Waals surface area contributed by atoms with Gasteiger partial charge < -0.3 is 5.32 Å². The molecule has 7 heteroatoms. The van der Waals surface area contributed by atoms with E-state index in [0.717, 1.165) is 17.0 Å². The number of nitrogens with one attached hydrogen (secondary N) is 1. The minimum atomic E-state index is -0.125. The van der Waals surface area contributed by atoms with Crippen LogP contribution in [0.1, 0.15) is 5.56 Å². The maximum atomic E-state index is 12.3. The number of aryl methyl sites for hydroxylation is 1. The van der Waals surface area contributed by atoms with Gasteiger partial charge in [0, 0.05) is 22.8 Å². The van der Waals surface area contributed by atoms with Crippen LogP contribution in [-0.2, 0) is 11.3 Å². The van der Waals surface area contributed by atoms with Crippen LogP contribution in [0.25, 0.3) is 11.4 Å². The van der Waals surface area contributed by atoms with Gasteiger partial charge in [0.15, 0.2) is 11.0 Å². The number of nitrogens with zero attached hydrogens (tertiary/aromatic N) is 3. The minimum Gasteiger partial charge on any atom is -0.325 e. The molecule has 3 aromatic rings. The zero-order chi connectivity index (χ0) is 19.2. The summed E-state index contributed by atoms with van der Waals surface area (Å²) < 4.78 is 1.95. The standard InChI is InChI=1S/C20H19ClN4OS/c1-3-11-25-19(15-7-5-4-6-8-15)23-24-20(25)27-13-18(26)22-17-12-16(21)10-9-14(17)2/h3-10,12H,1,11,13H2,2H3,(H,22,26). The highest BCUT2D eigenvalue weighted by molar-refractivity contribution is 7.99. The third kappa shape index (κ3) is 4.78. The zero-order valence-electron chi connectivity index (χ0n) is 14.9. The first kappa shape index (κ1) is 19.2. The van der Waals surface area contributed by atoms with E-state index in [1.165, 1.54) is 11.8 Å². The summed E-state index contributed by atoms with van der Waals surface area (Å²) in [4.78, 5) is 12.3. The second-order valence-electron chi connectivity index (χ2n) is 5.87. The maximum Gasteiger partial charge on any atom is 0.234 e. The first-order valence-corrected chi connectivity index (χ1v) is 9.73. The summed E-state index contributed by atoms with van der Waals surface area (Å²) in [7, 11) is 0. The van der Waals surface area contributed by atoms with Gasteiger partial charge >= 0.3 is 0 Å². The fraction of sp³-hybridized carbons (Fsp3) is 0.150.